The normalized spacial score (nSPS) is 12.5. The lowest BCUT2D eigenvalue weighted by atomic mass is 9.85. The van der Waals surface area contributed by atoms with Crippen molar-refractivity contribution in [2.24, 2.45) is 0 Å². The van der Waals surface area contributed by atoms with E-state index in [0.29, 0.717) is 11.1 Å². The zero-order valence-electron chi connectivity index (χ0n) is 42.7. The predicted octanol–water partition coefficient (Wildman–Crippen LogP) is 17.2. The third-order valence-corrected chi connectivity index (χ3v) is 14.2. The summed E-state index contributed by atoms with van der Waals surface area (Å²) in [6, 6.07) is 59.3. The maximum atomic E-state index is 10.8. The molecule has 346 valence electrons. The maximum Gasteiger partial charge on any atom is 0.101 e. The molecule has 0 aliphatic heterocycles. The first-order valence-electron chi connectivity index (χ1n) is 24.5. The summed E-state index contributed by atoms with van der Waals surface area (Å²) in [5, 5.41) is 25.8. The van der Waals surface area contributed by atoms with Crippen molar-refractivity contribution in [3.63, 3.8) is 0 Å². The molecule has 7 aromatic carbocycles. The van der Waals surface area contributed by atoms with Gasteiger partial charge in [-0.3, -0.25) is 0 Å². The minimum Gasteiger partial charge on any atom is -0.306 e. The van der Waals surface area contributed by atoms with Crippen LogP contribution in [0.1, 0.15) is 116 Å². The molecule has 0 radical (unpaired) electrons. The van der Waals surface area contributed by atoms with E-state index in [1.807, 2.05) is 12.1 Å². The van der Waals surface area contributed by atoms with Crippen molar-refractivity contribution < 1.29 is 0 Å². The molecule has 0 bridgehead atoms. The summed E-state index contributed by atoms with van der Waals surface area (Å²) in [6.45, 7) is 27.3. The van der Waals surface area contributed by atoms with Gasteiger partial charge in [0.15, 0.2) is 0 Å². The average molecular weight is 912 g/mol. The van der Waals surface area contributed by atoms with E-state index in [1.54, 1.807) is 6.07 Å². The number of hydrogen-bond acceptors (Lipinski definition) is 3. The van der Waals surface area contributed by atoms with Crippen LogP contribution in [-0.2, 0) is 21.7 Å². The van der Waals surface area contributed by atoms with Gasteiger partial charge in [-0.1, -0.05) is 174 Å². The van der Waals surface area contributed by atoms with Crippen LogP contribution in [0.4, 0.5) is 0 Å². The first-order chi connectivity index (χ1) is 33.2. The van der Waals surface area contributed by atoms with Gasteiger partial charge in [0.2, 0.25) is 0 Å². The van der Waals surface area contributed by atoms with Crippen LogP contribution >= 0.6 is 0 Å². The van der Waals surface area contributed by atoms with Crippen LogP contribution in [0.2, 0.25) is 0 Å². The summed E-state index contributed by atoms with van der Waals surface area (Å²) >= 11 is 0. The topological polar surface area (TPSA) is 70.3 Å². The molecule has 5 heteroatoms. The number of nitrogens with zero attached hydrogens (tertiary/aromatic N) is 5. The highest BCUT2D eigenvalue weighted by molar-refractivity contribution is 6.14. The van der Waals surface area contributed by atoms with E-state index in [4.69, 9.17) is 4.98 Å². The smallest absolute Gasteiger partial charge is 0.101 e. The fourth-order valence-corrected chi connectivity index (χ4v) is 10.2. The molecule has 0 fully saturated rings. The molecular formula is C65H61N5. The van der Waals surface area contributed by atoms with Crippen molar-refractivity contribution in [1.82, 2.24) is 14.1 Å². The van der Waals surface area contributed by atoms with Crippen LogP contribution in [0.5, 0.6) is 0 Å². The van der Waals surface area contributed by atoms with Crippen LogP contribution in [0.3, 0.4) is 0 Å². The molecule has 10 aromatic rings. The molecule has 0 saturated carbocycles. The zero-order valence-corrected chi connectivity index (χ0v) is 42.7. The first-order valence-corrected chi connectivity index (χ1v) is 24.5. The number of rotatable bonds is 5. The van der Waals surface area contributed by atoms with Crippen molar-refractivity contribution in [3.05, 3.63) is 185 Å². The molecule has 5 nitrogen and oxygen atoms in total. The second kappa shape index (κ2) is 16.5. The molecule has 3 heterocycles. The Labute approximate surface area is 413 Å². The van der Waals surface area contributed by atoms with Crippen LogP contribution in [0.15, 0.2) is 152 Å². The van der Waals surface area contributed by atoms with Gasteiger partial charge in [-0.2, -0.15) is 10.5 Å². The van der Waals surface area contributed by atoms with Gasteiger partial charge < -0.3 is 9.13 Å². The number of aromatic nitrogens is 3. The van der Waals surface area contributed by atoms with Gasteiger partial charge in [-0.25, -0.2) is 4.98 Å². The standard InChI is InChI=1S/C65H61N5/c1-62(2,3)45-25-29-53-49(34-45)50-35-46(63(4,5)6)26-30-54(50)69(53)60-57(42-23-24-43(38-66)44(33-42)39-67)61(59(41-21-17-14-18-22-41)68-58(60)40-19-15-13-16-20-40)70-55-31-27-47(64(7,8)9)36-51(55)52-37-48(65(10,11)12)28-32-56(52)70/h13-37H,1-12H3. The van der Waals surface area contributed by atoms with E-state index >= 15 is 0 Å². The monoisotopic (exact) mass is 911 g/mol. The average Bonchev–Trinajstić information content (AvgIpc) is 3.83. The summed E-state index contributed by atoms with van der Waals surface area (Å²) < 4.78 is 4.86. The summed E-state index contributed by atoms with van der Waals surface area (Å²) in [5.74, 6) is 0. The molecule has 0 unspecified atom stereocenters. The third-order valence-electron chi connectivity index (χ3n) is 14.2. The van der Waals surface area contributed by atoms with Gasteiger partial charge in [-0.15, -0.1) is 0 Å². The van der Waals surface area contributed by atoms with Gasteiger partial charge in [0.1, 0.15) is 12.1 Å². The second-order valence-electron chi connectivity index (χ2n) is 23.2. The Hall–Kier alpha value is -7.73. The van der Waals surface area contributed by atoms with Gasteiger partial charge in [0, 0.05) is 38.2 Å². The van der Waals surface area contributed by atoms with Gasteiger partial charge in [-0.05, 0) is 110 Å². The lowest BCUT2D eigenvalue weighted by Gasteiger charge is -2.26. The molecule has 3 aromatic heterocycles. The van der Waals surface area contributed by atoms with Crippen LogP contribution in [0, 0.1) is 22.7 Å². The molecule has 0 atom stereocenters. The minimum atomic E-state index is -0.0942. The molecule has 0 aliphatic carbocycles. The number of nitriles is 2. The Morgan fingerprint density at radius 1 is 0.357 bits per heavy atom. The number of benzene rings is 7. The van der Waals surface area contributed by atoms with Crippen LogP contribution in [-0.4, -0.2) is 14.1 Å². The highest BCUT2D eigenvalue weighted by Gasteiger charge is 2.32. The molecule has 0 N–H and O–H groups in total. The van der Waals surface area contributed by atoms with Gasteiger partial charge in [0.05, 0.1) is 56.0 Å². The van der Waals surface area contributed by atoms with Gasteiger partial charge in [0.25, 0.3) is 0 Å². The van der Waals surface area contributed by atoms with E-state index in [1.165, 1.54) is 22.3 Å². The van der Waals surface area contributed by atoms with Crippen molar-refractivity contribution in [1.29, 1.82) is 10.5 Å². The molecule has 0 aliphatic rings. The Kier molecular flexibility index (Phi) is 10.8. The maximum absolute atomic E-state index is 10.8. The first kappa shape index (κ1) is 46.0. The molecule has 0 spiro atoms. The molecule has 70 heavy (non-hydrogen) atoms. The largest absolute Gasteiger partial charge is 0.306 e. The molecule has 0 saturated heterocycles. The Bertz CT molecular complexity index is 3450. The van der Waals surface area contributed by atoms with E-state index in [-0.39, 0.29) is 21.7 Å². The zero-order chi connectivity index (χ0) is 49.7. The summed E-state index contributed by atoms with van der Waals surface area (Å²) in [7, 11) is 0. The quantitative estimate of drug-likeness (QED) is 0.173. The van der Waals surface area contributed by atoms with Gasteiger partial charge >= 0.3 is 0 Å². The van der Waals surface area contributed by atoms with Crippen molar-refractivity contribution in [3.8, 4) is 57.2 Å². The molecule has 0 amide bonds. The van der Waals surface area contributed by atoms with Crippen molar-refractivity contribution >= 4 is 43.6 Å². The summed E-state index contributed by atoms with van der Waals surface area (Å²) in [6.07, 6.45) is 0. The van der Waals surface area contributed by atoms with E-state index < -0.39 is 0 Å². The van der Waals surface area contributed by atoms with Crippen molar-refractivity contribution in [2.45, 2.75) is 105 Å². The summed E-state index contributed by atoms with van der Waals surface area (Å²) in [4.78, 5) is 5.98. The SMILES string of the molecule is CC(C)(C)c1ccc2c(c1)c1cc(C(C)(C)C)ccc1n2-c1c(-c2ccccc2)nc(-c2ccccc2)c(-n2c3ccc(C(C)(C)C)cc3c3cc(C(C)(C)C)ccc32)c1-c1ccc(C#N)c(C#N)c1. The van der Waals surface area contributed by atoms with Crippen LogP contribution in [0.25, 0.3) is 88.6 Å². The lowest BCUT2D eigenvalue weighted by molar-refractivity contribution is 0.590. The van der Waals surface area contributed by atoms with E-state index in [2.05, 4.69) is 238 Å². The fraction of sp³-hybridized carbons (Fsp3) is 0.246. The van der Waals surface area contributed by atoms with E-state index in [9.17, 15) is 10.5 Å². The Morgan fingerprint density at radius 3 is 0.986 bits per heavy atom. The second-order valence-corrected chi connectivity index (χ2v) is 23.2. The fourth-order valence-electron chi connectivity index (χ4n) is 10.2. The number of fused-ring (bicyclic) bond motifs is 6. The van der Waals surface area contributed by atoms with Crippen molar-refractivity contribution in [2.75, 3.05) is 0 Å². The van der Waals surface area contributed by atoms with E-state index in [0.717, 1.165) is 88.6 Å². The lowest BCUT2D eigenvalue weighted by Crippen LogP contribution is -2.12. The Balaban J connectivity index is 1.52. The predicted molar refractivity (Wildman–Crippen MR) is 293 cm³/mol. The number of hydrogen-bond donors (Lipinski definition) is 0. The third kappa shape index (κ3) is 7.75. The minimum absolute atomic E-state index is 0.0942. The van der Waals surface area contributed by atoms with Crippen LogP contribution < -0.4 is 0 Å². The number of pyridine rings is 1. The Morgan fingerprint density at radius 2 is 0.686 bits per heavy atom. The molecule has 10 rings (SSSR count). The highest BCUT2D eigenvalue weighted by Crippen LogP contribution is 2.50. The highest BCUT2D eigenvalue weighted by atomic mass is 15.1. The molecular weight excluding hydrogens is 851 g/mol. The summed E-state index contributed by atoms with van der Waals surface area (Å²) in [5.41, 5.74) is 16.4.